The number of aromatic nitrogens is 1. The van der Waals surface area contributed by atoms with Crippen LogP contribution in [-0.2, 0) is 4.74 Å². The fraction of sp³-hybridized carbons (Fsp3) is 0.278. The zero-order valence-electron chi connectivity index (χ0n) is 12.9. The van der Waals surface area contributed by atoms with Gasteiger partial charge in [0.2, 0.25) is 0 Å². The Morgan fingerprint density at radius 3 is 2.79 bits per heavy atom. The third-order valence-corrected chi connectivity index (χ3v) is 5.46. The predicted octanol–water partition coefficient (Wildman–Crippen LogP) is 2.14. The molecular formula is C18H16AsNO3S. The van der Waals surface area contributed by atoms with Crippen molar-refractivity contribution in [3.8, 4) is 16.9 Å². The fourth-order valence-corrected chi connectivity index (χ4v) is 3.89. The molecule has 3 aromatic rings. The van der Waals surface area contributed by atoms with E-state index < -0.39 is 0 Å². The van der Waals surface area contributed by atoms with Gasteiger partial charge in [-0.05, 0) is 0 Å². The number of benzene rings is 1. The number of aliphatic hydroxyl groups excluding tert-OH is 1. The molecule has 0 bridgehead atoms. The van der Waals surface area contributed by atoms with Crippen molar-refractivity contribution in [2.24, 2.45) is 5.41 Å². The van der Waals surface area contributed by atoms with Crippen molar-refractivity contribution in [2.45, 2.75) is 0 Å². The molecule has 4 rings (SSSR count). The zero-order valence-corrected chi connectivity index (χ0v) is 15.6. The molecule has 1 aliphatic rings. The predicted molar refractivity (Wildman–Crippen MR) is 96.3 cm³/mol. The second kappa shape index (κ2) is 6.49. The molecule has 6 heteroatoms. The summed E-state index contributed by atoms with van der Waals surface area (Å²) < 4.78 is 12.1. The van der Waals surface area contributed by atoms with Crippen molar-refractivity contribution in [1.29, 1.82) is 0 Å². The Morgan fingerprint density at radius 1 is 1.25 bits per heavy atom. The van der Waals surface area contributed by atoms with Crippen LogP contribution >= 0.6 is 11.3 Å². The first-order valence-electron chi connectivity index (χ1n) is 7.67. The minimum absolute atomic E-state index is 0.0768. The number of pyridine rings is 1. The molecule has 122 valence electrons. The molecule has 0 aliphatic carbocycles. The summed E-state index contributed by atoms with van der Waals surface area (Å²) in [5.41, 5.74) is 3.00. The third kappa shape index (κ3) is 2.98. The molecule has 0 saturated carbocycles. The van der Waals surface area contributed by atoms with E-state index in [2.05, 4.69) is 56.9 Å². The van der Waals surface area contributed by atoms with Gasteiger partial charge in [-0.1, -0.05) is 0 Å². The van der Waals surface area contributed by atoms with Crippen LogP contribution in [0.2, 0.25) is 0 Å². The summed E-state index contributed by atoms with van der Waals surface area (Å²) in [6.07, 6.45) is 0. The summed E-state index contributed by atoms with van der Waals surface area (Å²) in [7, 11) is 0. The first-order valence-corrected chi connectivity index (χ1v) is 9.55. The number of ether oxygens (including phenoxy) is 2. The van der Waals surface area contributed by atoms with Gasteiger partial charge in [0.05, 0.1) is 0 Å². The first kappa shape index (κ1) is 16.1. The maximum absolute atomic E-state index is 9.55. The van der Waals surface area contributed by atoms with Crippen LogP contribution in [0, 0.1) is 5.41 Å². The van der Waals surface area contributed by atoms with Gasteiger partial charge < -0.3 is 0 Å². The van der Waals surface area contributed by atoms with Gasteiger partial charge in [-0.2, -0.15) is 0 Å². The quantitative estimate of drug-likeness (QED) is 0.666. The van der Waals surface area contributed by atoms with Gasteiger partial charge in [0.25, 0.3) is 0 Å². The van der Waals surface area contributed by atoms with E-state index >= 15 is 0 Å². The Bertz CT molecular complexity index is 857. The molecule has 1 aliphatic heterocycles. The van der Waals surface area contributed by atoms with Crippen molar-refractivity contribution >= 4 is 43.6 Å². The first-order chi connectivity index (χ1) is 11.7. The molecule has 0 unspecified atom stereocenters. The molecule has 2 radical (unpaired) electrons. The molecule has 0 spiro atoms. The van der Waals surface area contributed by atoms with E-state index in [9.17, 15) is 5.11 Å². The Kier molecular flexibility index (Phi) is 4.35. The summed E-state index contributed by atoms with van der Waals surface area (Å²) in [6.45, 7) is 1.61. The van der Waals surface area contributed by atoms with Crippen LogP contribution in [-0.4, -0.2) is 53.4 Å². The summed E-state index contributed by atoms with van der Waals surface area (Å²) in [4.78, 5) is 4.63. The van der Waals surface area contributed by atoms with Crippen LogP contribution < -0.4 is 9.22 Å². The van der Waals surface area contributed by atoms with Gasteiger partial charge in [-0.15, -0.1) is 0 Å². The molecule has 1 N–H and O–H groups in total. The number of nitrogens with zero attached hydrogens (tertiary/aromatic N) is 1. The van der Waals surface area contributed by atoms with Crippen LogP contribution in [0.3, 0.4) is 0 Å². The monoisotopic (exact) mass is 401 g/mol. The van der Waals surface area contributed by atoms with E-state index in [4.69, 9.17) is 9.47 Å². The SMILES string of the molecule is OCC1(COc2cc([As])nc3cc(-c4ccsc4)ccc23)COC1. The molecule has 24 heavy (non-hydrogen) atoms. The fourth-order valence-electron chi connectivity index (χ4n) is 2.75. The van der Waals surface area contributed by atoms with Crippen LogP contribution in [0.15, 0.2) is 41.1 Å². The average molecular weight is 401 g/mol. The van der Waals surface area contributed by atoms with Crippen molar-refractivity contribution < 1.29 is 14.6 Å². The van der Waals surface area contributed by atoms with E-state index in [1.165, 1.54) is 5.56 Å². The topological polar surface area (TPSA) is 51.6 Å². The van der Waals surface area contributed by atoms with Crippen LogP contribution in [0.5, 0.6) is 5.75 Å². The molecule has 4 nitrogen and oxygen atoms in total. The second-order valence-corrected chi connectivity index (χ2v) is 7.90. The summed E-state index contributed by atoms with van der Waals surface area (Å²) in [5.74, 6) is 0.798. The summed E-state index contributed by atoms with van der Waals surface area (Å²) >= 11 is 4.15. The van der Waals surface area contributed by atoms with Gasteiger partial charge in [0.1, 0.15) is 0 Å². The number of fused-ring (bicyclic) bond motifs is 1. The standard InChI is InChI=1S/C18H16AsNO3S/c19-17-6-16(23-11-18(8-21)9-22-10-18)14-2-1-12(5-15(14)20-17)13-3-4-24-7-13/h1-7,21H,8-11H2. The van der Waals surface area contributed by atoms with E-state index in [-0.39, 0.29) is 12.0 Å². The van der Waals surface area contributed by atoms with E-state index in [1.807, 2.05) is 6.07 Å². The van der Waals surface area contributed by atoms with Crippen molar-refractivity contribution in [1.82, 2.24) is 4.98 Å². The van der Waals surface area contributed by atoms with Crippen LogP contribution in [0.1, 0.15) is 0 Å². The Labute approximate surface area is 152 Å². The molecule has 2 aromatic heterocycles. The Morgan fingerprint density at radius 2 is 2.12 bits per heavy atom. The normalized spacial score (nSPS) is 16.1. The van der Waals surface area contributed by atoms with Gasteiger partial charge in [-0.3, -0.25) is 0 Å². The van der Waals surface area contributed by atoms with E-state index in [0.717, 1.165) is 26.7 Å². The molecule has 0 atom stereocenters. The minimum atomic E-state index is -0.269. The average Bonchev–Trinajstić information content (AvgIpc) is 3.08. The van der Waals surface area contributed by atoms with Gasteiger partial charge in [0, 0.05) is 0 Å². The van der Waals surface area contributed by atoms with Crippen LogP contribution in [0.25, 0.3) is 22.0 Å². The van der Waals surface area contributed by atoms with Crippen molar-refractivity contribution in [3.63, 3.8) is 0 Å². The third-order valence-electron chi connectivity index (χ3n) is 4.30. The van der Waals surface area contributed by atoms with Crippen molar-refractivity contribution in [2.75, 3.05) is 26.4 Å². The molecule has 1 saturated heterocycles. The Hall–Kier alpha value is -1.39. The van der Waals surface area contributed by atoms with Gasteiger partial charge in [-0.25, -0.2) is 0 Å². The second-order valence-electron chi connectivity index (χ2n) is 6.16. The number of hydrogen-bond acceptors (Lipinski definition) is 5. The zero-order chi connectivity index (χ0) is 16.6. The number of thiophene rings is 1. The van der Waals surface area contributed by atoms with Crippen molar-refractivity contribution in [3.05, 3.63) is 41.1 Å². The van der Waals surface area contributed by atoms with Gasteiger partial charge in [0.15, 0.2) is 0 Å². The maximum atomic E-state index is 9.55. The molecule has 1 fully saturated rings. The number of rotatable bonds is 5. The number of aliphatic hydroxyl groups is 1. The van der Waals surface area contributed by atoms with Gasteiger partial charge >= 0.3 is 153 Å². The summed E-state index contributed by atoms with van der Waals surface area (Å²) in [5, 5.41) is 14.7. The van der Waals surface area contributed by atoms with E-state index in [1.54, 1.807) is 11.3 Å². The number of hydrogen-bond donors (Lipinski definition) is 1. The molecule has 3 heterocycles. The molecule has 1 aromatic carbocycles. The van der Waals surface area contributed by atoms with Crippen LogP contribution in [0.4, 0.5) is 0 Å². The summed E-state index contributed by atoms with van der Waals surface area (Å²) in [6, 6.07) is 10.3. The Balaban J connectivity index is 1.68. The van der Waals surface area contributed by atoms with E-state index in [0.29, 0.717) is 19.8 Å². The molecular weight excluding hydrogens is 385 g/mol. The molecule has 0 amide bonds.